The zero-order valence-corrected chi connectivity index (χ0v) is 13.8. The van der Waals surface area contributed by atoms with Crippen molar-refractivity contribution in [3.8, 4) is 0 Å². The van der Waals surface area contributed by atoms with Gasteiger partial charge < -0.3 is 20.9 Å². The van der Waals surface area contributed by atoms with E-state index in [1.807, 2.05) is 32.0 Å². The molecule has 7 heteroatoms. The number of carbonyl (C=O) groups excluding carboxylic acids is 3. The first-order valence-electron chi connectivity index (χ1n) is 8.19. The van der Waals surface area contributed by atoms with Crippen LogP contribution in [0.5, 0.6) is 0 Å². The predicted molar refractivity (Wildman–Crippen MR) is 89.3 cm³/mol. The van der Waals surface area contributed by atoms with E-state index >= 15 is 0 Å². The Morgan fingerprint density at radius 1 is 1.25 bits per heavy atom. The van der Waals surface area contributed by atoms with E-state index in [9.17, 15) is 14.4 Å². The minimum Gasteiger partial charge on any atom is -0.342 e. The Morgan fingerprint density at radius 2 is 1.96 bits per heavy atom. The molecule has 1 aromatic carbocycles. The first kappa shape index (κ1) is 16.3. The number of hydrogen-bond donors (Lipinski definition) is 3. The standard InChI is InChI=1S/C17H22N4O3/c1-10(2)14-16(23)21-9-12(8-13(21)15(22)20-14)19-17(24)18-11-6-4-3-5-7-11/h3-7,10,12-14H,8-9H2,1-2H3,(H,20,22)(H2,18,19,24)/t12-,13-,14+/m0/s1. The van der Waals surface area contributed by atoms with Crippen molar-refractivity contribution in [2.24, 2.45) is 5.92 Å². The molecule has 0 spiro atoms. The summed E-state index contributed by atoms with van der Waals surface area (Å²) in [6.45, 7) is 4.17. The van der Waals surface area contributed by atoms with Gasteiger partial charge in [0, 0.05) is 12.2 Å². The summed E-state index contributed by atoms with van der Waals surface area (Å²) in [4.78, 5) is 38.4. The van der Waals surface area contributed by atoms with Gasteiger partial charge in [-0.2, -0.15) is 0 Å². The SMILES string of the molecule is CC(C)[C@H]1NC(=O)[C@@H]2C[C@H](NC(=O)Nc3ccccc3)CN2C1=O. The number of nitrogens with one attached hydrogen (secondary N) is 3. The quantitative estimate of drug-likeness (QED) is 0.770. The van der Waals surface area contributed by atoms with Crippen LogP contribution in [0, 0.1) is 5.92 Å². The monoisotopic (exact) mass is 330 g/mol. The molecule has 0 radical (unpaired) electrons. The first-order chi connectivity index (χ1) is 11.5. The molecule has 2 saturated heterocycles. The minimum absolute atomic E-state index is 0.0378. The highest BCUT2D eigenvalue weighted by atomic mass is 16.2. The molecule has 7 nitrogen and oxygen atoms in total. The molecule has 0 aromatic heterocycles. The van der Waals surface area contributed by atoms with E-state index in [1.54, 1.807) is 17.0 Å². The van der Waals surface area contributed by atoms with Gasteiger partial charge in [0.15, 0.2) is 0 Å². The van der Waals surface area contributed by atoms with E-state index in [0.29, 0.717) is 18.7 Å². The van der Waals surface area contributed by atoms with Crippen LogP contribution in [0.1, 0.15) is 20.3 Å². The predicted octanol–water partition coefficient (Wildman–Crippen LogP) is 0.932. The molecule has 128 valence electrons. The number of anilines is 1. The van der Waals surface area contributed by atoms with Crippen LogP contribution in [0.15, 0.2) is 30.3 Å². The lowest BCUT2D eigenvalue weighted by molar-refractivity contribution is -0.148. The van der Waals surface area contributed by atoms with E-state index in [1.165, 1.54) is 0 Å². The maximum absolute atomic E-state index is 12.5. The second-order valence-corrected chi connectivity index (χ2v) is 6.63. The molecule has 2 aliphatic heterocycles. The Labute approximate surface area is 140 Å². The molecular formula is C17H22N4O3. The fourth-order valence-electron chi connectivity index (χ4n) is 3.25. The Kier molecular flexibility index (Phi) is 4.42. The van der Waals surface area contributed by atoms with Gasteiger partial charge in [0.05, 0.1) is 6.04 Å². The molecule has 0 saturated carbocycles. The van der Waals surface area contributed by atoms with Crippen LogP contribution >= 0.6 is 0 Å². The Bertz CT molecular complexity index is 646. The number of rotatable bonds is 3. The molecule has 3 N–H and O–H groups in total. The lowest BCUT2D eigenvalue weighted by Crippen LogP contribution is -2.62. The van der Waals surface area contributed by atoms with E-state index in [0.717, 1.165) is 0 Å². The summed E-state index contributed by atoms with van der Waals surface area (Å²) in [7, 11) is 0. The van der Waals surface area contributed by atoms with Gasteiger partial charge in [0.25, 0.3) is 0 Å². The van der Waals surface area contributed by atoms with Crippen molar-refractivity contribution in [2.45, 2.75) is 38.4 Å². The molecule has 0 unspecified atom stereocenters. The van der Waals surface area contributed by atoms with Crippen molar-refractivity contribution in [2.75, 3.05) is 11.9 Å². The third-order valence-electron chi connectivity index (χ3n) is 4.48. The smallest absolute Gasteiger partial charge is 0.319 e. The number of carbonyl (C=O) groups is 3. The minimum atomic E-state index is -0.491. The molecule has 2 fully saturated rings. The van der Waals surface area contributed by atoms with Gasteiger partial charge >= 0.3 is 6.03 Å². The largest absolute Gasteiger partial charge is 0.342 e. The summed E-state index contributed by atoms with van der Waals surface area (Å²) in [6, 6.07) is 7.58. The van der Waals surface area contributed by atoms with Crippen LogP contribution < -0.4 is 16.0 Å². The number of fused-ring (bicyclic) bond motifs is 1. The van der Waals surface area contributed by atoms with E-state index in [4.69, 9.17) is 0 Å². The summed E-state index contributed by atoms with van der Waals surface area (Å²) in [6.07, 6.45) is 0.435. The summed E-state index contributed by atoms with van der Waals surface area (Å²) in [5.74, 6) is -0.167. The third-order valence-corrected chi connectivity index (χ3v) is 4.48. The maximum Gasteiger partial charge on any atom is 0.319 e. The summed E-state index contributed by atoms with van der Waals surface area (Å²) in [5.41, 5.74) is 0.694. The fraction of sp³-hybridized carbons (Fsp3) is 0.471. The third kappa shape index (κ3) is 3.20. The van der Waals surface area contributed by atoms with E-state index in [-0.39, 0.29) is 29.8 Å². The first-order valence-corrected chi connectivity index (χ1v) is 8.19. The number of piperazine rings is 1. The average molecular weight is 330 g/mol. The fourth-order valence-corrected chi connectivity index (χ4v) is 3.25. The number of benzene rings is 1. The van der Waals surface area contributed by atoms with Crippen LogP contribution in [-0.4, -0.2) is 47.4 Å². The second kappa shape index (κ2) is 6.51. The van der Waals surface area contributed by atoms with Gasteiger partial charge in [-0.25, -0.2) is 4.79 Å². The number of hydrogen-bond acceptors (Lipinski definition) is 3. The topological polar surface area (TPSA) is 90.5 Å². The zero-order valence-electron chi connectivity index (χ0n) is 13.8. The lowest BCUT2D eigenvalue weighted by atomic mass is 9.98. The van der Waals surface area contributed by atoms with Crippen LogP contribution in [0.3, 0.4) is 0 Å². The molecule has 0 aliphatic carbocycles. The molecule has 2 aliphatic rings. The van der Waals surface area contributed by atoms with E-state index < -0.39 is 12.1 Å². The Hall–Kier alpha value is -2.57. The van der Waals surface area contributed by atoms with Crippen molar-refractivity contribution >= 4 is 23.5 Å². The van der Waals surface area contributed by atoms with Crippen LogP contribution in [0.25, 0.3) is 0 Å². The van der Waals surface area contributed by atoms with Crippen molar-refractivity contribution in [3.63, 3.8) is 0 Å². The number of amides is 4. The van der Waals surface area contributed by atoms with Crippen LogP contribution in [-0.2, 0) is 9.59 Å². The van der Waals surface area contributed by atoms with Gasteiger partial charge in [0.2, 0.25) is 11.8 Å². The highest BCUT2D eigenvalue weighted by molar-refractivity contribution is 5.98. The highest BCUT2D eigenvalue weighted by Gasteiger charge is 2.47. The molecule has 24 heavy (non-hydrogen) atoms. The summed E-state index contributed by atoms with van der Waals surface area (Å²) in [5, 5.41) is 8.38. The highest BCUT2D eigenvalue weighted by Crippen LogP contribution is 2.24. The summed E-state index contributed by atoms with van der Waals surface area (Å²) >= 11 is 0. The molecule has 2 heterocycles. The normalized spacial score (nSPS) is 26.1. The lowest BCUT2D eigenvalue weighted by Gasteiger charge is -2.36. The van der Waals surface area contributed by atoms with Gasteiger partial charge in [-0.15, -0.1) is 0 Å². The Morgan fingerprint density at radius 3 is 2.62 bits per heavy atom. The van der Waals surface area contributed by atoms with Crippen LogP contribution in [0.2, 0.25) is 0 Å². The van der Waals surface area contributed by atoms with Gasteiger partial charge in [-0.1, -0.05) is 32.0 Å². The van der Waals surface area contributed by atoms with E-state index in [2.05, 4.69) is 16.0 Å². The van der Waals surface area contributed by atoms with Gasteiger partial charge in [-0.3, -0.25) is 9.59 Å². The van der Waals surface area contributed by atoms with Gasteiger partial charge in [-0.05, 0) is 24.5 Å². The van der Waals surface area contributed by atoms with Gasteiger partial charge in [0.1, 0.15) is 12.1 Å². The van der Waals surface area contributed by atoms with Crippen molar-refractivity contribution in [3.05, 3.63) is 30.3 Å². The van der Waals surface area contributed by atoms with Crippen molar-refractivity contribution in [1.82, 2.24) is 15.5 Å². The number of para-hydroxylation sites is 1. The number of nitrogens with zero attached hydrogens (tertiary/aromatic N) is 1. The molecule has 3 rings (SSSR count). The molecular weight excluding hydrogens is 308 g/mol. The maximum atomic E-state index is 12.5. The van der Waals surface area contributed by atoms with Crippen molar-refractivity contribution in [1.29, 1.82) is 0 Å². The summed E-state index contributed by atoms with van der Waals surface area (Å²) < 4.78 is 0. The number of urea groups is 1. The molecule has 4 amide bonds. The van der Waals surface area contributed by atoms with Crippen LogP contribution in [0.4, 0.5) is 10.5 Å². The van der Waals surface area contributed by atoms with Crippen molar-refractivity contribution < 1.29 is 14.4 Å². The Balaban J connectivity index is 1.61. The molecule has 3 atom stereocenters. The molecule has 1 aromatic rings. The second-order valence-electron chi connectivity index (χ2n) is 6.63. The zero-order chi connectivity index (χ0) is 17.3. The average Bonchev–Trinajstić information content (AvgIpc) is 2.96. The molecule has 0 bridgehead atoms.